The molecule has 0 aliphatic rings. The van der Waals surface area contributed by atoms with E-state index in [-0.39, 0.29) is 0 Å². The zero-order chi connectivity index (χ0) is 31.1. The third-order valence-corrected chi connectivity index (χ3v) is 7.21. The predicted octanol–water partition coefficient (Wildman–Crippen LogP) is 8.16. The van der Waals surface area contributed by atoms with Crippen molar-refractivity contribution >= 4 is 60.9 Å². The highest BCUT2D eigenvalue weighted by Gasteiger charge is 2.08. The first-order chi connectivity index (χ1) is 20.6. The van der Waals surface area contributed by atoms with E-state index in [1.807, 2.05) is 79.3 Å². The molecule has 6 rings (SSSR count). The molecule has 9 heteroatoms. The van der Waals surface area contributed by atoms with Gasteiger partial charge in [-0.05, 0) is 121 Å². The minimum Gasteiger partial charge on any atom is -0.366 e. The maximum absolute atomic E-state index is 11.1. The standard InChI is InChI=1S/C17H13N3O.C10H8N2.C7H6BrNO/c1-11-9-16-13(10-15(11)19-2)7-8-20(16)14-5-3-12(4-6-14)17(18)21;1-7-5-10-8(3-4-12-10)6-9(7)11-2;8-6-3-1-5(2-4-6)7(9)10/h3-10H,1H3,(H2,18,21);3-6,12H,1H3;1-4H,(H2,9,10). The number of nitrogens with one attached hydrogen (secondary N) is 1. The van der Waals surface area contributed by atoms with Crippen LogP contribution in [0.3, 0.4) is 0 Å². The fourth-order valence-electron chi connectivity index (χ4n) is 4.34. The van der Waals surface area contributed by atoms with Crippen LogP contribution < -0.4 is 11.5 Å². The molecule has 0 saturated carbocycles. The molecule has 4 aromatic carbocycles. The molecule has 0 spiro atoms. The molecule has 0 saturated heterocycles. The van der Waals surface area contributed by atoms with Crippen LogP contribution in [-0.4, -0.2) is 21.4 Å². The van der Waals surface area contributed by atoms with E-state index in [2.05, 4.69) is 30.6 Å². The third kappa shape index (κ3) is 7.17. The summed E-state index contributed by atoms with van der Waals surface area (Å²) in [5.41, 5.74) is 17.7. The van der Waals surface area contributed by atoms with Crippen molar-refractivity contribution in [1.82, 2.24) is 9.55 Å². The normalized spacial score (nSPS) is 10.1. The van der Waals surface area contributed by atoms with E-state index in [4.69, 9.17) is 24.6 Å². The minimum absolute atomic E-state index is 0.396. The fourth-order valence-corrected chi connectivity index (χ4v) is 4.60. The summed E-state index contributed by atoms with van der Waals surface area (Å²) in [6, 6.07) is 25.8. The molecule has 5 N–H and O–H groups in total. The summed E-state index contributed by atoms with van der Waals surface area (Å²) in [6.07, 6.45) is 3.84. The number of aromatic amines is 1. The number of primary amides is 2. The van der Waals surface area contributed by atoms with Crippen molar-refractivity contribution in [3.8, 4) is 5.69 Å². The zero-order valence-electron chi connectivity index (χ0n) is 23.4. The number of halogens is 1. The van der Waals surface area contributed by atoms with Crippen molar-refractivity contribution < 1.29 is 9.59 Å². The Morgan fingerprint density at radius 2 is 1.28 bits per heavy atom. The van der Waals surface area contributed by atoms with Gasteiger partial charge < -0.3 is 21.0 Å². The van der Waals surface area contributed by atoms with Crippen LogP contribution in [-0.2, 0) is 0 Å². The Bertz CT molecular complexity index is 2030. The van der Waals surface area contributed by atoms with Crippen LogP contribution in [0.15, 0.2) is 102 Å². The second-order valence-electron chi connectivity index (χ2n) is 9.59. The zero-order valence-corrected chi connectivity index (χ0v) is 25.0. The van der Waals surface area contributed by atoms with E-state index in [0.717, 1.165) is 48.8 Å². The first-order valence-electron chi connectivity index (χ1n) is 13.0. The van der Waals surface area contributed by atoms with Gasteiger partial charge in [0.1, 0.15) is 0 Å². The maximum atomic E-state index is 11.1. The lowest BCUT2D eigenvalue weighted by Crippen LogP contribution is -2.10. The van der Waals surface area contributed by atoms with Gasteiger partial charge in [0.2, 0.25) is 11.8 Å². The second kappa shape index (κ2) is 13.3. The van der Waals surface area contributed by atoms with Crippen molar-refractivity contribution in [1.29, 1.82) is 0 Å². The van der Waals surface area contributed by atoms with E-state index in [9.17, 15) is 9.59 Å². The molecular weight excluding hydrogens is 604 g/mol. The summed E-state index contributed by atoms with van der Waals surface area (Å²) in [6.45, 7) is 18.0. The molecular formula is C34H27BrN6O2. The summed E-state index contributed by atoms with van der Waals surface area (Å²) in [5.74, 6) is -0.830. The van der Waals surface area contributed by atoms with Crippen LogP contribution in [0.5, 0.6) is 0 Å². The topological polar surface area (TPSA) is 116 Å². The van der Waals surface area contributed by atoms with Gasteiger partial charge in [0.25, 0.3) is 0 Å². The summed E-state index contributed by atoms with van der Waals surface area (Å²) in [5, 5.41) is 2.12. The second-order valence-corrected chi connectivity index (χ2v) is 10.5. The molecule has 0 aliphatic carbocycles. The first kappa shape index (κ1) is 30.3. The van der Waals surface area contributed by atoms with E-state index in [1.165, 1.54) is 0 Å². The van der Waals surface area contributed by atoms with Crippen molar-refractivity contribution in [2.24, 2.45) is 11.5 Å². The Hall–Kier alpha value is -5.64. The van der Waals surface area contributed by atoms with Crippen molar-refractivity contribution in [3.63, 3.8) is 0 Å². The van der Waals surface area contributed by atoms with Crippen molar-refractivity contribution in [2.45, 2.75) is 13.8 Å². The first-order valence-corrected chi connectivity index (χ1v) is 13.8. The molecule has 2 aromatic heterocycles. The molecule has 0 unspecified atom stereocenters. The van der Waals surface area contributed by atoms with E-state index < -0.39 is 11.8 Å². The third-order valence-electron chi connectivity index (χ3n) is 6.68. The highest BCUT2D eigenvalue weighted by Crippen LogP contribution is 2.29. The Labute approximate surface area is 257 Å². The van der Waals surface area contributed by atoms with Gasteiger partial charge in [-0.2, -0.15) is 0 Å². The summed E-state index contributed by atoms with van der Waals surface area (Å²) in [4.78, 5) is 31.7. The Kier molecular flexibility index (Phi) is 9.41. The van der Waals surface area contributed by atoms with Gasteiger partial charge in [0.05, 0.1) is 18.7 Å². The number of benzene rings is 4. The van der Waals surface area contributed by atoms with Gasteiger partial charge >= 0.3 is 0 Å². The number of carbonyl (C=O) groups excluding carboxylic acids is 2. The van der Waals surface area contributed by atoms with Gasteiger partial charge in [-0.15, -0.1) is 0 Å². The Balaban J connectivity index is 0.000000163. The number of amides is 2. The quantitative estimate of drug-likeness (QED) is 0.171. The molecule has 0 aliphatic heterocycles. The number of aryl methyl sites for hydroxylation is 2. The summed E-state index contributed by atoms with van der Waals surface area (Å²) >= 11 is 3.24. The number of nitrogens with two attached hydrogens (primary N) is 2. The average Bonchev–Trinajstić information content (AvgIpc) is 3.63. The Morgan fingerprint density at radius 1 is 0.744 bits per heavy atom. The number of rotatable bonds is 3. The fraction of sp³-hybridized carbons (Fsp3) is 0.0588. The monoisotopic (exact) mass is 630 g/mol. The van der Waals surface area contributed by atoms with Crippen LogP contribution in [0.4, 0.5) is 11.4 Å². The maximum Gasteiger partial charge on any atom is 0.248 e. The van der Waals surface area contributed by atoms with Crippen LogP contribution in [0.25, 0.3) is 37.2 Å². The molecule has 2 heterocycles. The number of hydrogen-bond donors (Lipinski definition) is 3. The molecule has 212 valence electrons. The van der Waals surface area contributed by atoms with Crippen LogP contribution in [0.1, 0.15) is 31.8 Å². The van der Waals surface area contributed by atoms with Gasteiger partial charge in [-0.3, -0.25) is 9.59 Å². The molecule has 43 heavy (non-hydrogen) atoms. The predicted molar refractivity (Wildman–Crippen MR) is 175 cm³/mol. The van der Waals surface area contributed by atoms with Gasteiger partial charge in [-0.1, -0.05) is 15.9 Å². The van der Waals surface area contributed by atoms with Crippen LogP contribution in [0.2, 0.25) is 0 Å². The highest BCUT2D eigenvalue weighted by molar-refractivity contribution is 9.10. The SMILES string of the molecule is NC(=O)c1ccc(Br)cc1.[C-]#[N+]c1cc2cc[nH]c2cc1C.[C-]#[N+]c1cc2ccn(-c3ccc(C(N)=O)cc3)c2cc1C. The van der Waals surface area contributed by atoms with Crippen LogP contribution >= 0.6 is 15.9 Å². The van der Waals surface area contributed by atoms with E-state index in [0.29, 0.717) is 16.8 Å². The number of H-pyrrole nitrogens is 1. The molecule has 2 amide bonds. The number of aromatic nitrogens is 2. The summed E-state index contributed by atoms with van der Waals surface area (Å²) in [7, 11) is 0. The van der Waals surface area contributed by atoms with Gasteiger partial charge in [0.15, 0.2) is 11.4 Å². The smallest absolute Gasteiger partial charge is 0.248 e. The molecule has 8 nitrogen and oxygen atoms in total. The average molecular weight is 632 g/mol. The van der Waals surface area contributed by atoms with E-state index in [1.54, 1.807) is 36.4 Å². The molecule has 6 aromatic rings. The minimum atomic E-state index is -0.434. The molecule has 0 fully saturated rings. The van der Waals surface area contributed by atoms with Crippen LogP contribution in [0, 0.1) is 27.0 Å². The lowest BCUT2D eigenvalue weighted by atomic mass is 10.1. The van der Waals surface area contributed by atoms with Crippen molar-refractivity contribution in [2.75, 3.05) is 0 Å². The van der Waals surface area contributed by atoms with E-state index >= 15 is 0 Å². The molecule has 0 bridgehead atoms. The molecule has 0 atom stereocenters. The number of fused-ring (bicyclic) bond motifs is 2. The van der Waals surface area contributed by atoms with Gasteiger partial charge in [0, 0.05) is 39.2 Å². The lowest BCUT2D eigenvalue weighted by molar-refractivity contribution is 0.0992. The number of hydrogen-bond acceptors (Lipinski definition) is 2. The highest BCUT2D eigenvalue weighted by atomic mass is 79.9. The summed E-state index contributed by atoms with van der Waals surface area (Å²) < 4.78 is 2.97. The van der Waals surface area contributed by atoms with Gasteiger partial charge in [-0.25, -0.2) is 9.69 Å². The largest absolute Gasteiger partial charge is 0.366 e. The lowest BCUT2D eigenvalue weighted by Gasteiger charge is -2.07. The van der Waals surface area contributed by atoms with Crippen molar-refractivity contribution in [3.05, 3.63) is 147 Å². The molecule has 0 radical (unpaired) electrons. The number of carbonyl (C=O) groups is 2. The Morgan fingerprint density at radius 3 is 1.84 bits per heavy atom. The number of nitrogens with zero attached hydrogens (tertiary/aromatic N) is 3.